The van der Waals surface area contributed by atoms with Crippen molar-refractivity contribution in [3.8, 4) is 0 Å². The number of thiophene rings is 1. The maximum atomic E-state index is 13.5. The smallest absolute Gasteiger partial charge is 0.230 e. The summed E-state index contributed by atoms with van der Waals surface area (Å²) in [4.78, 5) is 22.7. The number of hydrogen-bond donors (Lipinski definition) is 1. The fourth-order valence-electron chi connectivity index (χ4n) is 2.19. The third-order valence-electron chi connectivity index (χ3n) is 3.47. The van der Waals surface area contributed by atoms with Crippen molar-refractivity contribution < 1.29 is 9.18 Å². The van der Waals surface area contributed by atoms with Gasteiger partial charge < -0.3 is 5.32 Å². The second-order valence-electron chi connectivity index (χ2n) is 5.12. The summed E-state index contributed by atoms with van der Waals surface area (Å²) in [6, 6.07) is 8.50. The van der Waals surface area contributed by atoms with Crippen LogP contribution in [0.3, 0.4) is 0 Å². The number of aromatic nitrogens is 2. The fourth-order valence-corrected chi connectivity index (χ4v) is 4.00. The van der Waals surface area contributed by atoms with Crippen LogP contribution >= 0.6 is 23.1 Å². The molecule has 4 nitrogen and oxygen atoms in total. The second-order valence-corrected chi connectivity index (χ2v) is 7.20. The van der Waals surface area contributed by atoms with E-state index < -0.39 is 0 Å². The monoisotopic (exact) mass is 361 g/mol. The molecule has 2 heterocycles. The zero-order valence-electron chi connectivity index (χ0n) is 13.1. The Labute approximate surface area is 147 Å². The number of nitrogens with zero attached hydrogens (tertiary/aromatic N) is 2. The van der Waals surface area contributed by atoms with E-state index in [2.05, 4.69) is 28.3 Å². The Kier molecular flexibility index (Phi) is 5.42. The molecular formula is C17H16FN3OS2. The molecule has 1 N–H and O–H groups in total. The van der Waals surface area contributed by atoms with Crippen LogP contribution in [-0.2, 0) is 17.8 Å². The lowest BCUT2D eigenvalue weighted by molar-refractivity contribution is -0.118. The molecule has 0 radical (unpaired) electrons. The summed E-state index contributed by atoms with van der Waals surface area (Å²) in [7, 11) is 0. The number of benzene rings is 1. The zero-order chi connectivity index (χ0) is 16.9. The topological polar surface area (TPSA) is 54.9 Å². The second kappa shape index (κ2) is 7.72. The maximum absolute atomic E-state index is 13.5. The minimum Gasteiger partial charge on any atom is -0.351 e. The van der Waals surface area contributed by atoms with Crippen LogP contribution in [0, 0.1) is 5.82 Å². The molecule has 1 amide bonds. The van der Waals surface area contributed by atoms with E-state index in [9.17, 15) is 9.18 Å². The van der Waals surface area contributed by atoms with Crippen molar-refractivity contribution in [3.05, 3.63) is 52.9 Å². The fraction of sp³-hybridized carbons (Fsp3) is 0.235. The van der Waals surface area contributed by atoms with Gasteiger partial charge in [-0.1, -0.05) is 36.9 Å². The lowest BCUT2D eigenvalue weighted by Gasteiger charge is -2.06. The summed E-state index contributed by atoms with van der Waals surface area (Å²) < 4.78 is 13.5. The highest BCUT2D eigenvalue weighted by atomic mass is 32.2. The Morgan fingerprint density at radius 2 is 2.17 bits per heavy atom. The normalized spacial score (nSPS) is 10.9. The summed E-state index contributed by atoms with van der Waals surface area (Å²) >= 11 is 3.02. The van der Waals surface area contributed by atoms with Gasteiger partial charge in [0.1, 0.15) is 22.0 Å². The molecule has 0 atom stereocenters. The standard InChI is InChI=1S/C17H16FN3OS2/c1-2-12-7-13-16(20-10-21-17(13)24-12)23-9-15(22)19-8-11-5-3-4-6-14(11)18/h3-7,10H,2,8-9H2,1H3,(H,19,22). The van der Waals surface area contributed by atoms with Crippen LogP contribution in [0.2, 0.25) is 0 Å². The van der Waals surface area contributed by atoms with Crippen LogP contribution in [0.5, 0.6) is 0 Å². The molecule has 7 heteroatoms. The summed E-state index contributed by atoms with van der Waals surface area (Å²) in [5, 5.41) is 4.53. The van der Waals surface area contributed by atoms with Crippen LogP contribution in [-0.4, -0.2) is 21.6 Å². The Hall–Kier alpha value is -1.99. The number of halogens is 1. The zero-order valence-corrected chi connectivity index (χ0v) is 14.7. The highest BCUT2D eigenvalue weighted by molar-refractivity contribution is 8.00. The SMILES string of the molecule is CCc1cc2c(SCC(=O)NCc3ccccc3F)ncnc2s1. The van der Waals surface area contributed by atoms with Gasteiger partial charge in [0.25, 0.3) is 0 Å². The minimum atomic E-state index is -0.312. The van der Waals surface area contributed by atoms with Crippen LogP contribution in [0.25, 0.3) is 10.2 Å². The average Bonchev–Trinajstić information content (AvgIpc) is 3.03. The van der Waals surface area contributed by atoms with Crippen molar-refractivity contribution >= 4 is 39.2 Å². The van der Waals surface area contributed by atoms with Gasteiger partial charge in [0.2, 0.25) is 5.91 Å². The molecule has 3 rings (SSSR count). The number of carbonyl (C=O) groups excluding carboxylic acids is 1. The van der Waals surface area contributed by atoms with Crippen LogP contribution in [0.4, 0.5) is 4.39 Å². The van der Waals surface area contributed by atoms with Crippen molar-refractivity contribution in [2.75, 3.05) is 5.75 Å². The Morgan fingerprint density at radius 3 is 2.96 bits per heavy atom. The average molecular weight is 361 g/mol. The summed E-state index contributed by atoms with van der Waals surface area (Å²) in [6.07, 6.45) is 2.48. The van der Waals surface area contributed by atoms with Gasteiger partial charge in [-0.3, -0.25) is 4.79 Å². The molecule has 0 spiro atoms. The molecular weight excluding hydrogens is 345 g/mol. The predicted octanol–water partition coefficient (Wildman–Crippen LogP) is 3.80. The molecule has 0 unspecified atom stereocenters. The van der Waals surface area contributed by atoms with E-state index in [1.165, 1.54) is 29.0 Å². The first-order valence-corrected chi connectivity index (χ1v) is 9.34. The van der Waals surface area contributed by atoms with Crippen LogP contribution in [0.1, 0.15) is 17.4 Å². The van der Waals surface area contributed by atoms with Gasteiger partial charge in [-0.2, -0.15) is 0 Å². The predicted molar refractivity (Wildman–Crippen MR) is 95.8 cm³/mol. The van der Waals surface area contributed by atoms with Crippen molar-refractivity contribution in [1.29, 1.82) is 0 Å². The summed E-state index contributed by atoms with van der Waals surface area (Å²) in [5.41, 5.74) is 0.477. The molecule has 2 aromatic heterocycles. The lowest BCUT2D eigenvalue weighted by Crippen LogP contribution is -2.25. The first-order valence-electron chi connectivity index (χ1n) is 7.53. The quantitative estimate of drug-likeness (QED) is 0.536. The Morgan fingerprint density at radius 1 is 1.33 bits per heavy atom. The molecule has 24 heavy (non-hydrogen) atoms. The largest absolute Gasteiger partial charge is 0.351 e. The van der Waals surface area contributed by atoms with Gasteiger partial charge in [0.15, 0.2) is 0 Å². The first kappa shape index (κ1) is 16.9. The van der Waals surface area contributed by atoms with E-state index in [0.29, 0.717) is 5.56 Å². The number of fused-ring (bicyclic) bond motifs is 1. The van der Waals surface area contributed by atoms with Crippen LogP contribution < -0.4 is 5.32 Å². The van der Waals surface area contributed by atoms with Crippen molar-refractivity contribution in [2.45, 2.75) is 24.9 Å². The van der Waals surface area contributed by atoms with Crippen LogP contribution in [0.15, 0.2) is 41.7 Å². The number of aryl methyl sites for hydroxylation is 1. The summed E-state index contributed by atoms with van der Waals surface area (Å²) in [6.45, 7) is 2.28. The van der Waals surface area contributed by atoms with E-state index in [1.807, 2.05) is 0 Å². The van der Waals surface area contributed by atoms with E-state index in [0.717, 1.165) is 21.7 Å². The van der Waals surface area contributed by atoms with E-state index in [-0.39, 0.29) is 24.0 Å². The molecule has 1 aromatic carbocycles. The van der Waals surface area contributed by atoms with E-state index >= 15 is 0 Å². The molecule has 0 aliphatic heterocycles. The molecule has 0 aliphatic rings. The Balaban J connectivity index is 1.60. The number of hydrogen-bond acceptors (Lipinski definition) is 5. The third-order valence-corrected chi connectivity index (χ3v) is 5.66. The Bertz CT molecular complexity index is 866. The minimum absolute atomic E-state index is 0.152. The highest BCUT2D eigenvalue weighted by Gasteiger charge is 2.11. The number of nitrogens with one attached hydrogen (secondary N) is 1. The molecule has 124 valence electrons. The van der Waals surface area contributed by atoms with Gasteiger partial charge in [-0.15, -0.1) is 11.3 Å². The summed E-state index contributed by atoms with van der Waals surface area (Å²) in [5.74, 6) is -0.230. The molecule has 0 saturated carbocycles. The number of thioether (sulfide) groups is 1. The lowest BCUT2D eigenvalue weighted by atomic mass is 10.2. The highest BCUT2D eigenvalue weighted by Crippen LogP contribution is 2.30. The van der Waals surface area contributed by atoms with Gasteiger partial charge in [-0.25, -0.2) is 14.4 Å². The number of rotatable bonds is 6. The number of carbonyl (C=O) groups is 1. The number of amides is 1. The molecule has 0 aliphatic carbocycles. The third kappa shape index (κ3) is 3.91. The van der Waals surface area contributed by atoms with E-state index in [1.54, 1.807) is 29.5 Å². The molecule has 0 saturated heterocycles. The first-order chi connectivity index (χ1) is 11.7. The molecule has 0 fully saturated rings. The van der Waals surface area contributed by atoms with Crippen molar-refractivity contribution in [2.24, 2.45) is 0 Å². The van der Waals surface area contributed by atoms with Gasteiger partial charge >= 0.3 is 0 Å². The van der Waals surface area contributed by atoms with Crippen molar-refractivity contribution in [1.82, 2.24) is 15.3 Å². The molecule has 3 aromatic rings. The van der Waals surface area contributed by atoms with E-state index in [4.69, 9.17) is 0 Å². The maximum Gasteiger partial charge on any atom is 0.230 e. The molecule has 0 bridgehead atoms. The van der Waals surface area contributed by atoms with Gasteiger partial charge in [-0.05, 0) is 18.6 Å². The van der Waals surface area contributed by atoms with Gasteiger partial charge in [0, 0.05) is 22.4 Å². The van der Waals surface area contributed by atoms with Gasteiger partial charge in [0.05, 0.1) is 5.75 Å². The van der Waals surface area contributed by atoms with Crippen molar-refractivity contribution in [3.63, 3.8) is 0 Å².